The van der Waals surface area contributed by atoms with Crippen LogP contribution in [0.2, 0.25) is 0 Å². The first-order valence-corrected chi connectivity index (χ1v) is 18.9. The maximum Gasteiger partial charge on any atom is 0.285 e. The van der Waals surface area contributed by atoms with Gasteiger partial charge in [0.2, 0.25) is 5.91 Å². The number of ether oxygens (including phenoxy) is 1. The van der Waals surface area contributed by atoms with Crippen molar-refractivity contribution in [3.63, 3.8) is 0 Å². The van der Waals surface area contributed by atoms with Crippen LogP contribution in [-0.4, -0.2) is 33.5 Å². The van der Waals surface area contributed by atoms with Gasteiger partial charge < -0.3 is 10.1 Å². The molecule has 0 bridgehead atoms. The van der Waals surface area contributed by atoms with Crippen molar-refractivity contribution in [1.82, 2.24) is 10.2 Å². The summed E-state index contributed by atoms with van der Waals surface area (Å²) in [5, 5.41) is 3.18. The molecule has 0 fully saturated rings. The van der Waals surface area contributed by atoms with E-state index in [1.54, 1.807) is 43.4 Å². The fourth-order valence-corrected chi connectivity index (χ4v) is 8.03. The molecule has 258 valence electrons. The van der Waals surface area contributed by atoms with Gasteiger partial charge in [-0.1, -0.05) is 109 Å². The van der Waals surface area contributed by atoms with Gasteiger partial charge in [0.15, 0.2) is 5.17 Å². The topological polar surface area (TPSA) is 88.1 Å². The Morgan fingerprint density at radius 3 is 2.16 bits per heavy atom. The number of benzene rings is 4. The summed E-state index contributed by atoms with van der Waals surface area (Å²) < 4.78 is 20.9. The molecule has 7 nitrogen and oxygen atoms in total. The minimum Gasteiger partial charge on any atom is -0.487 e. The number of carbonyl (C=O) groups excluding carboxylic acids is 3. The molecule has 3 amide bonds. The summed E-state index contributed by atoms with van der Waals surface area (Å²) in [6.45, 7) is 5.74. The Hall–Kier alpha value is -4.34. The van der Waals surface area contributed by atoms with Gasteiger partial charge in [-0.25, -0.2) is 4.39 Å². The molecule has 1 aliphatic heterocycles. The number of hydrogen-bond acceptors (Lipinski definition) is 5. The Bertz CT molecular complexity index is 1990. The van der Waals surface area contributed by atoms with Crippen molar-refractivity contribution >= 4 is 85.9 Å². The van der Waals surface area contributed by atoms with Crippen molar-refractivity contribution < 1.29 is 23.5 Å². The van der Waals surface area contributed by atoms with E-state index >= 15 is 0 Å². The summed E-state index contributed by atoms with van der Waals surface area (Å²) in [6.07, 6.45) is 8.18. The third-order valence-corrected chi connectivity index (χ3v) is 10.1. The molecule has 0 saturated carbocycles. The van der Waals surface area contributed by atoms with Crippen LogP contribution < -0.4 is 10.1 Å². The zero-order chi connectivity index (χ0) is 36.3. The van der Waals surface area contributed by atoms with Crippen LogP contribution in [0, 0.1) is 13.0 Å². The second-order valence-electron chi connectivity index (χ2n) is 11.0. The highest BCUT2D eigenvalue weighted by atomic mass is 127. The highest BCUT2D eigenvalue weighted by molar-refractivity contribution is 14.1. The molecule has 0 aliphatic carbocycles. The maximum absolute atomic E-state index is 14.1. The molecule has 0 spiro atoms. The first-order valence-electron chi connectivity index (χ1n) is 15.7. The molecule has 1 heterocycles. The van der Waals surface area contributed by atoms with Crippen LogP contribution in [0.4, 0.5) is 4.39 Å². The number of allylic oxidation sites excluding steroid dienone is 4. The molecule has 1 aliphatic rings. The number of hydrogen-bond donors (Lipinski definition) is 1. The Kier molecular flexibility index (Phi) is 13.6. The monoisotopic (exact) mass is 923 g/mol. The molecule has 5 rings (SSSR count). The second kappa shape index (κ2) is 18.2. The zero-order valence-corrected chi connectivity index (χ0v) is 32.5. The lowest BCUT2D eigenvalue weighted by Gasteiger charge is -2.28. The van der Waals surface area contributed by atoms with E-state index in [9.17, 15) is 18.8 Å². The summed E-state index contributed by atoms with van der Waals surface area (Å²) in [6, 6.07) is 28.6. The van der Waals surface area contributed by atoms with Gasteiger partial charge in [-0.2, -0.15) is 4.99 Å². The lowest BCUT2D eigenvalue weighted by atomic mass is 9.99. The van der Waals surface area contributed by atoms with Crippen molar-refractivity contribution in [2.24, 2.45) is 4.99 Å². The van der Waals surface area contributed by atoms with E-state index in [0.717, 1.165) is 35.6 Å². The lowest BCUT2D eigenvalue weighted by Crippen LogP contribution is -2.42. The Labute approximate surface area is 327 Å². The lowest BCUT2D eigenvalue weighted by molar-refractivity contribution is -0.126. The van der Waals surface area contributed by atoms with E-state index in [2.05, 4.69) is 62.1 Å². The summed E-state index contributed by atoms with van der Waals surface area (Å²) in [5.41, 5.74) is 3.59. The Balaban J connectivity index is 1.39. The third-order valence-electron chi connectivity index (χ3n) is 7.54. The van der Waals surface area contributed by atoms with E-state index in [-0.39, 0.29) is 34.8 Å². The van der Waals surface area contributed by atoms with E-state index in [1.165, 1.54) is 23.1 Å². The first-order chi connectivity index (χ1) is 24.7. The average Bonchev–Trinajstić information content (AvgIpc) is 3.13. The van der Waals surface area contributed by atoms with Gasteiger partial charge in [0.25, 0.3) is 11.8 Å². The van der Waals surface area contributed by atoms with Gasteiger partial charge >= 0.3 is 0 Å². The zero-order valence-electron chi connectivity index (χ0n) is 27.4. The number of amides is 3. The Morgan fingerprint density at radius 1 is 0.980 bits per heavy atom. The van der Waals surface area contributed by atoms with Crippen molar-refractivity contribution in [3.05, 3.63) is 174 Å². The SMILES string of the molecule is C=C/C=C\C(=C/C)N1C(=O)/C(=C/c2cc(I)c(OCc3ccc(F)cc3)c(I)c2)C(=O)N=C1SCC(=O)NC(c1ccccc1)c1ccccc1. The van der Waals surface area contributed by atoms with E-state index in [0.29, 0.717) is 17.0 Å². The van der Waals surface area contributed by atoms with E-state index < -0.39 is 17.9 Å². The van der Waals surface area contributed by atoms with Gasteiger partial charge in [-0.05, 0) is 111 Å². The smallest absolute Gasteiger partial charge is 0.285 e. The standard InChI is InChI=1S/C40H32FI2N3O4S/c1-3-5-16-31(4-2)46-39(49)32(21-27-22-33(42)37(34(43)23-27)50-24-26-17-19-30(41)20-18-26)38(48)45-40(46)51-25-35(47)44-36(28-12-8-6-9-13-28)29-14-10-7-11-15-29/h3-23,36H,1,24-25H2,2H3,(H,44,47)/b16-5-,31-4+,32-21+. The number of nitrogens with one attached hydrogen (secondary N) is 1. The van der Waals surface area contributed by atoms with Crippen LogP contribution in [0.15, 0.2) is 144 Å². The average molecular weight is 924 g/mol. The quantitative estimate of drug-likeness (QED) is 0.0664. The summed E-state index contributed by atoms with van der Waals surface area (Å²) in [4.78, 5) is 46.6. The number of carbonyl (C=O) groups is 3. The number of nitrogens with zero attached hydrogens (tertiary/aromatic N) is 2. The van der Waals surface area contributed by atoms with Crippen LogP contribution in [0.25, 0.3) is 6.08 Å². The molecule has 0 radical (unpaired) electrons. The number of halogens is 3. The molecule has 11 heteroatoms. The minimum atomic E-state index is -0.713. The van der Waals surface area contributed by atoms with Crippen LogP contribution in [0.5, 0.6) is 5.75 Å². The number of aliphatic imine (C=N–C) groups is 1. The van der Waals surface area contributed by atoms with Crippen molar-refractivity contribution in [3.8, 4) is 5.75 Å². The Morgan fingerprint density at radius 2 is 1.59 bits per heavy atom. The molecule has 0 unspecified atom stereocenters. The normalized spacial score (nSPS) is 14.3. The third kappa shape index (κ3) is 9.92. The molecule has 51 heavy (non-hydrogen) atoms. The van der Waals surface area contributed by atoms with E-state index in [1.807, 2.05) is 72.8 Å². The predicted molar refractivity (Wildman–Crippen MR) is 218 cm³/mol. The number of amidine groups is 1. The summed E-state index contributed by atoms with van der Waals surface area (Å²) in [5.74, 6) is -1.36. The molecule has 0 saturated heterocycles. The molecular formula is C40H32FI2N3O4S. The molecule has 4 aromatic carbocycles. The van der Waals surface area contributed by atoms with Gasteiger partial charge in [0.05, 0.1) is 18.9 Å². The number of thioether (sulfide) groups is 1. The second-order valence-corrected chi connectivity index (χ2v) is 14.3. The molecule has 0 aromatic heterocycles. The summed E-state index contributed by atoms with van der Waals surface area (Å²) in [7, 11) is 0. The van der Waals surface area contributed by atoms with Crippen LogP contribution in [0.3, 0.4) is 0 Å². The van der Waals surface area contributed by atoms with Crippen molar-refractivity contribution in [2.75, 3.05) is 5.75 Å². The van der Waals surface area contributed by atoms with Crippen LogP contribution in [-0.2, 0) is 21.0 Å². The fraction of sp³-hybridized carbons (Fsp3) is 0.100. The van der Waals surface area contributed by atoms with Crippen molar-refractivity contribution in [2.45, 2.75) is 19.6 Å². The number of rotatable bonds is 12. The van der Waals surface area contributed by atoms with Gasteiger partial charge in [-0.3, -0.25) is 19.3 Å². The van der Waals surface area contributed by atoms with Gasteiger partial charge in [0.1, 0.15) is 23.7 Å². The highest BCUT2D eigenvalue weighted by Gasteiger charge is 2.35. The minimum absolute atomic E-state index is 0.0868. The predicted octanol–water partition coefficient (Wildman–Crippen LogP) is 9.01. The fourth-order valence-electron chi connectivity index (χ4n) is 5.10. The summed E-state index contributed by atoms with van der Waals surface area (Å²) >= 11 is 5.29. The highest BCUT2D eigenvalue weighted by Crippen LogP contribution is 2.32. The largest absolute Gasteiger partial charge is 0.487 e. The van der Waals surface area contributed by atoms with Crippen molar-refractivity contribution in [1.29, 1.82) is 0 Å². The maximum atomic E-state index is 14.1. The van der Waals surface area contributed by atoms with Gasteiger partial charge in [0, 0.05) is 5.70 Å². The molecular weight excluding hydrogens is 891 g/mol. The first kappa shape index (κ1) is 37.9. The van der Waals surface area contributed by atoms with Gasteiger partial charge in [-0.15, -0.1) is 0 Å². The van der Waals surface area contributed by atoms with E-state index in [4.69, 9.17) is 4.74 Å². The molecule has 0 atom stereocenters. The molecule has 1 N–H and O–H groups in total. The van der Waals surface area contributed by atoms with Crippen LogP contribution in [0.1, 0.15) is 35.2 Å². The van der Waals surface area contributed by atoms with Crippen LogP contribution >= 0.6 is 56.9 Å². The molecule has 4 aromatic rings.